The van der Waals surface area contributed by atoms with Crippen LogP contribution in [-0.4, -0.2) is 41.2 Å². The first-order valence-electron chi connectivity index (χ1n) is 8.12. The van der Waals surface area contributed by atoms with Crippen LogP contribution in [0.25, 0.3) is 11.0 Å². The quantitative estimate of drug-likeness (QED) is 0.805. The zero-order valence-corrected chi connectivity index (χ0v) is 13.1. The van der Waals surface area contributed by atoms with Crippen LogP contribution in [0.2, 0.25) is 0 Å². The fourth-order valence-electron chi connectivity index (χ4n) is 3.36. The molecule has 120 valence electrons. The number of hydrogen-bond donors (Lipinski definition) is 1. The summed E-state index contributed by atoms with van der Waals surface area (Å²) >= 11 is 0. The maximum absolute atomic E-state index is 5.83. The van der Waals surface area contributed by atoms with Crippen LogP contribution in [0, 0.1) is 5.92 Å². The van der Waals surface area contributed by atoms with Gasteiger partial charge in [-0.3, -0.25) is 4.90 Å². The fraction of sp³-hybridized carbons (Fsp3) is 0.389. The molecule has 5 nitrogen and oxygen atoms in total. The van der Waals surface area contributed by atoms with Crippen molar-refractivity contribution in [3.8, 4) is 0 Å². The molecule has 0 amide bonds. The predicted molar refractivity (Wildman–Crippen MR) is 88.1 cm³/mol. The van der Waals surface area contributed by atoms with Gasteiger partial charge in [0.15, 0.2) is 0 Å². The summed E-state index contributed by atoms with van der Waals surface area (Å²) in [5.74, 6) is 1.50. The van der Waals surface area contributed by atoms with Crippen molar-refractivity contribution in [2.45, 2.75) is 13.0 Å². The number of aromatic nitrogens is 2. The summed E-state index contributed by atoms with van der Waals surface area (Å²) in [5, 5.41) is 1.22. The first kappa shape index (κ1) is 14.5. The van der Waals surface area contributed by atoms with Crippen molar-refractivity contribution >= 4 is 11.0 Å². The van der Waals surface area contributed by atoms with Gasteiger partial charge in [0.25, 0.3) is 0 Å². The number of furan rings is 1. The molecule has 1 fully saturated rings. The molecule has 5 heteroatoms. The maximum Gasteiger partial charge on any atom is 0.134 e. The first-order chi connectivity index (χ1) is 11.4. The minimum absolute atomic E-state index is 0.480. The standard InChI is InChI=1S/C18H21N3O2/c1-2-15(16-4-8-23-17(16)3-1)10-14-11-21(7-9-22-13-14)12-18-19-5-6-20-18/h1-6,8,14H,7,9-13H2,(H,19,20)/t14-/m0/s1. The van der Waals surface area contributed by atoms with E-state index in [4.69, 9.17) is 9.15 Å². The molecule has 1 aliphatic heterocycles. The normalized spacial score (nSPS) is 19.9. The molecule has 0 bridgehead atoms. The van der Waals surface area contributed by atoms with Crippen LogP contribution in [0.3, 0.4) is 0 Å². The second-order valence-electron chi connectivity index (χ2n) is 6.17. The van der Waals surface area contributed by atoms with Gasteiger partial charge >= 0.3 is 0 Å². The Kier molecular flexibility index (Phi) is 4.13. The second-order valence-corrected chi connectivity index (χ2v) is 6.17. The SMILES string of the molecule is c1cc(C[C@@H]2COCCN(Cc3ncc[nH]3)C2)c2ccoc2c1. The Morgan fingerprint density at radius 3 is 3.22 bits per heavy atom. The van der Waals surface area contributed by atoms with Crippen molar-refractivity contribution in [3.63, 3.8) is 0 Å². The molecule has 4 rings (SSSR count). The summed E-state index contributed by atoms with van der Waals surface area (Å²) in [7, 11) is 0. The lowest BCUT2D eigenvalue weighted by Gasteiger charge is -2.22. The Morgan fingerprint density at radius 1 is 1.30 bits per heavy atom. The van der Waals surface area contributed by atoms with Crippen molar-refractivity contribution in [1.82, 2.24) is 14.9 Å². The van der Waals surface area contributed by atoms with E-state index in [1.165, 1.54) is 10.9 Å². The van der Waals surface area contributed by atoms with E-state index < -0.39 is 0 Å². The minimum Gasteiger partial charge on any atom is -0.464 e. The molecule has 1 atom stereocenters. The molecule has 0 unspecified atom stereocenters. The van der Waals surface area contributed by atoms with Gasteiger partial charge in [-0.05, 0) is 30.0 Å². The van der Waals surface area contributed by atoms with Crippen LogP contribution in [0.5, 0.6) is 0 Å². The van der Waals surface area contributed by atoms with Gasteiger partial charge < -0.3 is 14.1 Å². The van der Waals surface area contributed by atoms with E-state index in [2.05, 4.69) is 33.1 Å². The highest BCUT2D eigenvalue weighted by Crippen LogP contribution is 2.23. The topological polar surface area (TPSA) is 54.3 Å². The minimum atomic E-state index is 0.480. The number of nitrogens with zero attached hydrogens (tertiary/aromatic N) is 2. The lowest BCUT2D eigenvalue weighted by molar-refractivity contribution is 0.121. The van der Waals surface area contributed by atoms with Crippen molar-refractivity contribution in [2.24, 2.45) is 5.92 Å². The van der Waals surface area contributed by atoms with Gasteiger partial charge in [0.1, 0.15) is 11.4 Å². The van der Waals surface area contributed by atoms with E-state index in [-0.39, 0.29) is 0 Å². The zero-order valence-electron chi connectivity index (χ0n) is 13.1. The van der Waals surface area contributed by atoms with Crippen LogP contribution in [-0.2, 0) is 17.7 Å². The summed E-state index contributed by atoms with van der Waals surface area (Å²) in [6.45, 7) is 4.42. The number of aromatic amines is 1. The zero-order chi connectivity index (χ0) is 15.5. The molecule has 3 aromatic rings. The number of ether oxygens (including phenoxy) is 1. The Balaban J connectivity index is 1.48. The number of fused-ring (bicyclic) bond motifs is 1. The summed E-state index contributed by atoms with van der Waals surface area (Å²) in [4.78, 5) is 9.94. The molecule has 1 N–H and O–H groups in total. The monoisotopic (exact) mass is 311 g/mol. The van der Waals surface area contributed by atoms with E-state index in [9.17, 15) is 0 Å². The van der Waals surface area contributed by atoms with Gasteiger partial charge in [-0.1, -0.05) is 12.1 Å². The van der Waals surface area contributed by atoms with E-state index in [0.29, 0.717) is 5.92 Å². The summed E-state index contributed by atoms with van der Waals surface area (Å²) in [6.07, 6.45) is 6.45. The average Bonchev–Trinajstić information content (AvgIpc) is 3.18. The lowest BCUT2D eigenvalue weighted by atomic mass is 9.97. The number of rotatable bonds is 4. The first-order valence-corrected chi connectivity index (χ1v) is 8.12. The highest BCUT2D eigenvalue weighted by molar-refractivity contribution is 5.80. The van der Waals surface area contributed by atoms with E-state index in [1.807, 2.05) is 12.3 Å². The predicted octanol–water partition coefficient (Wildman–Crippen LogP) is 2.85. The van der Waals surface area contributed by atoms with E-state index in [0.717, 1.165) is 50.7 Å². The highest BCUT2D eigenvalue weighted by Gasteiger charge is 2.20. The van der Waals surface area contributed by atoms with Crippen molar-refractivity contribution in [1.29, 1.82) is 0 Å². The number of hydrogen-bond acceptors (Lipinski definition) is 4. The third-order valence-electron chi connectivity index (χ3n) is 4.44. The average molecular weight is 311 g/mol. The molecule has 1 saturated heterocycles. The molecule has 0 saturated carbocycles. The number of H-pyrrole nitrogens is 1. The van der Waals surface area contributed by atoms with Crippen LogP contribution >= 0.6 is 0 Å². The number of nitrogens with one attached hydrogen (secondary N) is 1. The van der Waals surface area contributed by atoms with Gasteiger partial charge in [0, 0.05) is 30.9 Å². The van der Waals surface area contributed by atoms with Gasteiger partial charge in [0.2, 0.25) is 0 Å². The summed E-state index contributed by atoms with van der Waals surface area (Å²) in [6, 6.07) is 8.34. The van der Waals surface area contributed by atoms with Crippen molar-refractivity contribution in [2.75, 3.05) is 26.3 Å². The van der Waals surface area contributed by atoms with Crippen LogP contribution in [0.4, 0.5) is 0 Å². The molecule has 0 radical (unpaired) electrons. The van der Waals surface area contributed by atoms with Crippen LogP contribution in [0.15, 0.2) is 47.3 Å². The fourth-order valence-corrected chi connectivity index (χ4v) is 3.36. The molecule has 2 aromatic heterocycles. The molecule has 0 spiro atoms. The lowest BCUT2D eigenvalue weighted by Crippen LogP contribution is -2.30. The van der Waals surface area contributed by atoms with Crippen molar-refractivity contribution in [3.05, 3.63) is 54.3 Å². The maximum atomic E-state index is 5.83. The molecular weight excluding hydrogens is 290 g/mol. The van der Waals surface area contributed by atoms with Gasteiger partial charge in [-0.2, -0.15) is 0 Å². The number of imidazole rings is 1. The van der Waals surface area contributed by atoms with Crippen LogP contribution in [0.1, 0.15) is 11.4 Å². The Labute approximate surface area is 135 Å². The van der Waals surface area contributed by atoms with E-state index >= 15 is 0 Å². The third-order valence-corrected chi connectivity index (χ3v) is 4.44. The molecule has 23 heavy (non-hydrogen) atoms. The van der Waals surface area contributed by atoms with Crippen molar-refractivity contribution < 1.29 is 9.15 Å². The molecule has 1 aromatic carbocycles. The third kappa shape index (κ3) is 3.30. The number of benzene rings is 1. The Morgan fingerprint density at radius 2 is 2.30 bits per heavy atom. The Bertz CT molecular complexity index is 751. The highest BCUT2D eigenvalue weighted by atomic mass is 16.5. The van der Waals surface area contributed by atoms with E-state index in [1.54, 1.807) is 12.5 Å². The van der Waals surface area contributed by atoms with Gasteiger partial charge in [0.05, 0.1) is 26.0 Å². The molecule has 1 aliphatic rings. The summed E-state index contributed by atoms with van der Waals surface area (Å²) < 4.78 is 11.3. The second kappa shape index (κ2) is 6.56. The summed E-state index contributed by atoms with van der Waals surface area (Å²) in [5.41, 5.74) is 2.30. The molecule has 3 heterocycles. The largest absolute Gasteiger partial charge is 0.464 e. The van der Waals surface area contributed by atoms with Gasteiger partial charge in [-0.15, -0.1) is 0 Å². The Hall–Kier alpha value is -2.11. The molecular formula is C18H21N3O2. The van der Waals surface area contributed by atoms with Crippen LogP contribution < -0.4 is 0 Å². The van der Waals surface area contributed by atoms with Gasteiger partial charge in [-0.25, -0.2) is 4.98 Å². The smallest absolute Gasteiger partial charge is 0.134 e. The molecule has 0 aliphatic carbocycles.